The normalized spacial score (nSPS) is 25.3. The maximum absolute atomic E-state index is 10.0. The first-order valence-corrected chi connectivity index (χ1v) is 6.34. The number of hydrogen-bond donors (Lipinski definition) is 3. The molecule has 4 nitrogen and oxygen atoms in total. The van der Waals surface area contributed by atoms with Gasteiger partial charge in [0.1, 0.15) is 5.82 Å². The van der Waals surface area contributed by atoms with Gasteiger partial charge in [-0.05, 0) is 31.9 Å². The Morgan fingerprint density at radius 1 is 1.29 bits per heavy atom. The summed E-state index contributed by atoms with van der Waals surface area (Å²) < 4.78 is 0. The van der Waals surface area contributed by atoms with Gasteiger partial charge in [0.05, 0.1) is 23.5 Å². The summed E-state index contributed by atoms with van der Waals surface area (Å²) in [4.78, 5) is 4.38. The van der Waals surface area contributed by atoms with E-state index in [1.807, 2.05) is 19.1 Å². The maximum atomic E-state index is 10.0. The Morgan fingerprint density at radius 3 is 2.82 bits per heavy atom. The van der Waals surface area contributed by atoms with Gasteiger partial charge >= 0.3 is 0 Å². The van der Waals surface area contributed by atoms with E-state index < -0.39 is 0 Å². The summed E-state index contributed by atoms with van der Waals surface area (Å²) in [5.74, 6) is 0.808. The van der Waals surface area contributed by atoms with Crippen molar-refractivity contribution in [1.82, 2.24) is 4.98 Å². The van der Waals surface area contributed by atoms with E-state index in [4.69, 9.17) is 5.73 Å². The van der Waals surface area contributed by atoms with Gasteiger partial charge in [-0.3, -0.25) is 0 Å². The van der Waals surface area contributed by atoms with Crippen molar-refractivity contribution in [2.24, 2.45) is 0 Å². The van der Waals surface area contributed by atoms with Crippen LogP contribution in [0, 0.1) is 6.92 Å². The molecule has 17 heavy (non-hydrogen) atoms. The van der Waals surface area contributed by atoms with E-state index >= 15 is 0 Å². The van der Waals surface area contributed by atoms with E-state index in [0.29, 0.717) is 5.69 Å². The van der Waals surface area contributed by atoms with Gasteiger partial charge in [-0.25, -0.2) is 4.98 Å². The van der Waals surface area contributed by atoms with Crippen molar-refractivity contribution in [3.05, 3.63) is 17.8 Å². The van der Waals surface area contributed by atoms with Gasteiger partial charge in [0.15, 0.2) is 0 Å². The number of pyridine rings is 1. The molecule has 1 saturated carbocycles. The molecule has 0 saturated heterocycles. The average Bonchev–Trinajstić information content (AvgIpc) is 2.50. The van der Waals surface area contributed by atoms with Crippen molar-refractivity contribution in [2.45, 2.75) is 51.2 Å². The van der Waals surface area contributed by atoms with E-state index in [0.717, 1.165) is 30.8 Å². The minimum Gasteiger partial charge on any atom is -0.397 e. The van der Waals surface area contributed by atoms with Crippen molar-refractivity contribution in [1.29, 1.82) is 0 Å². The lowest BCUT2D eigenvalue weighted by Crippen LogP contribution is -2.32. The molecule has 0 aliphatic heterocycles. The molecule has 0 amide bonds. The van der Waals surface area contributed by atoms with Crippen LogP contribution in [0.5, 0.6) is 0 Å². The lowest BCUT2D eigenvalue weighted by molar-refractivity contribution is 0.144. The zero-order chi connectivity index (χ0) is 12.3. The monoisotopic (exact) mass is 235 g/mol. The van der Waals surface area contributed by atoms with Crippen molar-refractivity contribution in [3.63, 3.8) is 0 Å². The third-order valence-corrected chi connectivity index (χ3v) is 3.44. The van der Waals surface area contributed by atoms with Crippen LogP contribution < -0.4 is 11.1 Å². The highest BCUT2D eigenvalue weighted by Gasteiger charge is 2.21. The van der Waals surface area contributed by atoms with Crippen LogP contribution in [0.2, 0.25) is 0 Å². The van der Waals surface area contributed by atoms with Crippen LogP contribution in [0.3, 0.4) is 0 Å². The molecule has 4 heteroatoms. The first kappa shape index (κ1) is 12.2. The van der Waals surface area contributed by atoms with Crippen LogP contribution in [0.25, 0.3) is 0 Å². The van der Waals surface area contributed by atoms with Crippen molar-refractivity contribution in [2.75, 3.05) is 11.1 Å². The number of rotatable bonds is 2. The lowest BCUT2D eigenvalue weighted by atomic mass is 10.1. The molecule has 2 atom stereocenters. The van der Waals surface area contributed by atoms with Crippen LogP contribution >= 0.6 is 0 Å². The highest BCUT2D eigenvalue weighted by atomic mass is 16.3. The Hall–Kier alpha value is -1.29. The van der Waals surface area contributed by atoms with E-state index in [9.17, 15) is 5.11 Å². The summed E-state index contributed by atoms with van der Waals surface area (Å²) in [6.07, 6.45) is 5.12. The third kappa shape index (κ3) is 3.09. The number of nitrogens with zero attached hydrogens (tertiary/aromatic N) is 1. The second-order valence-electron chi connectivity index (χ2n) is 4.83. The summed E-state index contributed by atoms with van der Waals surface area (Å²) in [6.45, 7) is 1.89. The van der Waals surface area contributed by atoms with Crippen LogP contribution in [0.1, 0.15) is 37.8 Å². The number of aliphatic hydroxyl groups excluding tert-OH is 1. The Morgan fingerprint density at radius 2 is 2.06 bits per heavy atom. The second kappa shape index (κ2) is 5.36. The van der Waals surface area contributed by atoms with Crippen LogP contribution in [0.4, 0.5) is 11.5 Å². The van der Waals surface area contributed by atoms with Crippen molar-refractivity contribution in [3.8, 4) is 0 Å². The predicted octanol–water partition coefficient (Wildman–Crippen LogP) is 2.08. The summed E-state index contributed by atoms with van der Waals surface area (Å²) in [6, 6.07) is 3.85. The summed E-state index contributed by atoms with van der Waals surface area (Å²) in [5, 5.41) is 13.3. The number of aromatic nitrogens is 1. The Labute approximate surface area is 102 Å². The maximum Gasteiger partial charge on any atom is 0.126 e. The van der Waals surface area contributed by atoms with Gasteiger partial charge in [0.25, 0.3) is 0 Å². The molecule has 1 heterocycles. The minimum absolute atomic E-state index is 0.119. The molecule has 2 unspecified atom stereocenters. The highest BCUT2D eigenvalue weighted by Crippen LogP contribution is 2.21. The quantitative estimate of drug-likeness (QED) is 0.686. The molecule has 1 aromatic heterocycles. The number of aliphatic hydroxyl groups is 1. The summed E-state index contributed by atoms with van der Waals surface area (Å²) in [7, 11) is 0. The van der Waals surface area contributed by atoms with Gasteiger partial charge in [-0.15, -0.1) is 0 Å². The Bertz CT molecular complexity index is 381. The zero-order valence-electron chi connectivity index (χ0n) is 10.3. The molecule has 1 aromatic rings. The molecule has 4 N–H and O–H groups in total. The highest BCUT2D eigenvalue weighted by molar-refractivity contribution is 5.49. The number of nitrogen functional groups attached to an aromatic ring is 1. The molecule has 1 aliphatic rings. The fourth-order valence-electron chi connectivity index (χ4n) is 2.30. The third-order valence-electron chi connectivity index (χ3n) is 3.44. The van der Waals surface area contributed by atoms with E-state index in [1.165, 1.54) is 12.8 Å². The first-order chi connectivity index (χ1) is 8.16. The molecular weight excluding hydrogens is 214 g/mol. The van der Waals surface area contributed by atoms with Gasteiger partial charge in [0, 0.05) is 0 Å². The molecule has 0 radical (unpaired) electrons. The van der Waals surface area contributed by atoms with E-state index in [-0.39, 0.29) is 12.1 Å². The molecule has 0 spiro atoms. The number of nitrogens with two attached hydrogens (primary N) is 1. The molecule has 2 rings (SSSR count). The lowest BCUT2D eigenvalue weighted by Gasteiger charge is -2.22. The standard InChI is InChI=1S/C13H21N3O/c1-9-10(14)7-8-13(15-9)16-11-5-3-2-4-6-12(11)17/h7-8,11-12,17H,2-6,14H2,1H3,(H,15,16). The Balaban J connectivity index is 2.05. The minimum atomic E-state index is -0.267. The molecule has 0 aromatic carbocycles. The topological polar surface area (TPSA) is 71.2 Å². The molecule has 94 valence electrons. The number of hydrogen-bond acceptors (Lipinski definition) is 4. The molecular formula is C13H21N3O. The van der Waals surface area contributed by atoms with E-state index in [2.05, 4.69) is 10.3 Å². The smallest absolute Gasteiger partial charge is 0.126 e. The SMILES string of the molecule is Cc1nc(NC2CCCCCC2O)ccc1N. The zero-order valence-corrected chi connectivity index (χ0v) is 10.3. The number of nitrogens with one attached hydrogen (secondary N) is 1. The van der Waals surface area contributed by atoms with Crippen LogP contribution in [0.15, 0.2) is 12.1 Å². The second-order valence-corrected chi connectivity index (χ2v) is 4.83. The summed E-state index contributed by atoms with van der Waals surface area (Å²) >= 11 is 0. The van der Waals surface area contributed by atoms with Gasteiger partial charge in [0.2, 0.25) is 0 Å². The van der Waals surface area contributed by atoms with Crippen LogP contribution in [-0.2, 0) is 0 Å². The first-order valence-electron chi connectivity index (χ1n) is 6.34. The molecule has 1 fully saturated rings. The van der Waals surface area contributed by atoms with Gasteiger partial charge in [-0.1, -0.05) is 19.3 Å². The number of anilines is 2. The van der Waals surface area contributed by atoms with E-state index in [1.54, 1.807) is 0 Å². The van der Waals surface area contributed by atoms with Crippen LogP contribution in [-0.4, -0.2) is 22.2 Å². The van der Waals surface area contributed by atoms with Gasteiger partial charge < -0.3 is 16.2 Å². The van der Waals surface area contributed by atoms with Gasteiger partial charge in [-0.2, -0.15) is 0 Å². The fraction of sp³-hybridized carbons (Fsp3) is 0.615. The Kier molecular flexibility index (Phi) is 3.84. The largest absolute Gasteiger partial charge is 0.397 e. The molecule has 1 aliphatic carbocycles. The number of aryl methyl sites for hydroxylation is 1. The fourth-order valence-corrected chi connectivity index (χ4v) is 2.30. The average molecular weight is 235 g/mol. The summed E-state index contributed by atoms with van der Waals surface area (Å²) in [5.41, 5.74) is 7.27. The van der Waals surface area contributed by atoms with Crippen molar-refractivity contribution >= 4 is 11.5 Å². The van der Waals surface area contributed by atoms with Crippen molar-refractivity contribution < 1.29 is 5.11 Å². The molecule has 0 bridgehead atoms. The predicted molar refractivity (Wildman–Crippen MR) is 69.9 cm³/mol.